The Labute approximate surface area is 180 Å². The van der Waals surface area contributed by atoms with Gasteiger partial charge in [-0.2, -0.15) is 5.10 Å². The number of nitrogens with one attached hydrogen (secondary N) is 1. The van der Waals surface area contributed by atoms with Gasteiger partial charge in [-0.05, 0) is 44.0 Å². The Morgan fingerprint density at radius 2 is 2.03 bits per heavy atom. The number of anilines is 1. The van der Waals surface area contributed by atoms with Crippen LogP contribution in [0.3, 0.4) is 0 Å². The lowest BCUT2D eigenvalue weighted by Crippen LogP contribution is -2.60. The minimum absolute atomic E-state index is 0.303. The number of aromatic nitrogens is 3. The summed E-state index contributed by atoms with van der Waals surface area (Å²) < 4.78 is 22.6. The Morgan fingerprint density at radius 1 is 1.13 bits per heavy atom. The molecule has 6 rings (SSSR count). The zero-order valence-electron chi connectivity index (χ0n) is 17.7. The second-order valence-electron chi connectivity index (χ2n) is 8.94. The molecule has 2 aliphatic heterocycles. The van der Waals surface area contributed by atoms with Crippen LogP contribution in [0, 0.1) is 5.82 Å². The minimum Gasteiger partial charge on any atom is -0.492 e. The molecule has 2 aromatic heterocycles. The Morgan fingerprint density at radius 3 is 2.90 bits per heavy atom. The average Bonchev–Trinajstić information content (AvgIpc) is 3.53. The van der Waals surface area contributed by atoms with Crippen LogP contribution in [0.15, 0.2) is 36.7 Å². The van der Waals surface area contributed by atoms with E-state index in [1.807, 2.05) is 12.3 Å². The molecule has 3 aromatic rings. The summed E-state index contributed by atoms with van der Waals surface area (Å²) in [4.78, 5) is 9.88. The van der Waals surface area contributed by atoms with Gasteiger partial charge in [0.1, 0.15) is 24.0 Å². The summed E-state index contributed by atoms with van der Waals surface area (Å²) in [5.41, 5.74) is 1.75. The second kappa shape index (κ2) is 7.46. The van der Waals surface area contributed by atoms with E-state index in [1.54, 1.807) is 22.8 Å². The maximum atomic E-state index is 14.8. The molecule has 4 heterocycles. The van der Waals surface area contributed by atoms with Gasteiger partial charge in [-0.25, -0.2) is 13.9 Å². The molecule has 2 atom stereocenters. The Kier molecular flexibility index (Phi) is 4.57. The molecule has 8 heteroatoms. The molecule has 1 saturated heterocycles. The molecule has 1 aliphatic carbocycles. The van der Waals surface area contributed by atoms with E-state index < -0.39 is 0 Å². The van der Waals surface area contributed by atoms with Crippen LogP contribution in [-0.4, -0.2) is 75.3 Å². The van der Waals surface area contributed by atoms with E-state index in [2.05, 4.69) is 27.1 Å². The molecule has 162 valence electrons. The van der Waals surface area contributed by atoms with Crippen molar-refractivity contribution >= 4 is 11.5 Å². The van der Waals surface area contributed by atoms with Crippen molar-refractivity contribution in [1.82, 2.24) is 24.4 Å². The highest BCUT2D eigenvalue weighted by Gasteiger charge is 2.39. The molecule has 31 heavy (non-hydrogen) atoms. The molecule has 3 aliphatic rings. The lowest BCUT2D eigenvalue weighted by Gasteiger charge is -2.45. The average molecular weight is 423 g/mol. The molecular weight excluding hydrogens is 395 g/mol. The molecule has 0 radical (unpaired) electrons. The zero-order chi connectivity index (χ0) is 20.9. The number of hydrogen-bond donors (Lipinski definition) is 1. The van der Waals surface area contributed by atoms with E-state index >= 15 is 0 Å². The molecule has 1 N–H and O–H groups in total. The van der Waals surface area contributed by atoms with Crippen molar-refractivity contribution in [1.29, 1.82) is 0 Å². The van der Waals surface area contributed by atoms with Gasteiger partial charge >= 0.3 is 0 Å². The van der Waals surface area contributed by atoms with Gasteiger partial charge < -0.3 is 10.1 Å². The van der Waals surface area contributed by atoms with Gasteiger partial charge in [-0.3, -0.25) is 9.80 Å². The van der Waals surface area contributed by atoms with Crippen molar-refractivity contribution in [2.24, 2.45) is 0 Å². The number of rotatable bonds is 1. The molecule has 1 aromatic carbocycles. The van der Waals surface area contributed by atoms with Crippen LogP contribution in [0.4, 0.5) is 10.2 Å². The summed E-state index contributed by atoms with van der Waals surface area (Å²) in [6.45, 7) is 6.67. The highest BCUT2D eigenvalue weighted by atomic mass is 19.1. The lowest BCUT2D eigenvalue weighted by atomic mass is 10.1. The highest BCUT2D eigenvalue weighted by Crippen LogP contribution is 2.33. The summed E-state index contributed by atoms with van der Waals surface area (Å²) in [5, 5.41) is 7.79. The molecule has 4 bridgehead atoms. The van der Waals surface area contributed by atoms with Gasteiger partial charge in [0.05, 0.1) is 12.2 Å². The first-order valence-electron chi connectivity index (χ1n) is 11.2. The largest absolute Gasteiger partial charge is 0.492 e. The molecule has 2 fully saturated rings. The van der Waals surface area contributed by atoms with Crippen LogP contribution < -0.4 is 10.1 Å². The van der Waals surface area contributed by atoms with E-state index in [-0.39, 0.29) is 5.82 Å². The molecule has 0 spiro atoms. The Balaban J connectivity index is 1.37. The fourth-order valence-corrected chi connectivity index (χ4v) is 4.96. The summed E-state index contributed by atoms with van der Waals surface area (Å²) in [6.07, 6.45) is 6.14. The van der Waals surface area contributed by atoms with Crippen molar-refractivity contribution in [2.45, 2.75) is 37.9 Å². The maximum Gasteiger partial charge on any atom is 0.165 e. The number of benzene rings is 1. The van der Waals surface area contributed by atoms with E-state index in [0.717, 1.165) is 38.0 Å². The standard InChI is InChI=1S/C23H27FN6O/c1-15-12-28-9-7-25-22-6-8-30-23(27-22)20(11-26-30)19-10-18(4-5-21(19)24)31-14-17(28)13-29(15)16-2-3-16/h4-6,8,10-11,15-17H,2-3,7,9,12-14H2,1H3,(H,25,27)/t15-,17+/m1/s1. The van der Waals surface area contributed by atoms with Crippen LogP contribution >= 0.6 is 0 Å². The Hall–Kier alpha value is -2.71. The summed E-state index contributed by atoms with van der Waals surface area (Å²) in [7, 11) is 0. The maximum absolute atomic E-state index is 14.8. The number of hydrogen-bond acceptors (Lipinski definition) is 6. The molecular formula is C23H27FN6O. The topological polar surface area (TPSA) is 57.9 Å². The highest BCUT2D eigenvalue weighted by molar-refractivity contribution is 5.78. The number of fused-ring (bicyclic) bond motifs is 5. The van der Waals surface area contributed by atoms with Crippen LogP contribution in [0.1, 0.15) is 19.8 Å². The summed E-state index contributed by atoms with van der Waals surface area (Å²) in [6, 6.07) is 8.45. The van der Waals surface area contributed by atoms with E-state index in [0.29, 0.717) is 41.2 Å². The fourth-order valence-electron chi connectivity index (χ4n) is 4.96. The Bertz CT molecular complexity index is 1110. The first-order chi connectivity index (χ1) is 15.2. The van der Waals surface area contributed by atoms with Gasteiger partial charge in [0.2, 0.25) is 0 Å². The summed E-state index contributed by atoms with van der Waals surface area (Å²) >= 11 is 0. The zero-order valence-corrected chi connectivity index (χ0v) is 17.7. The predicted octanol–water partition coefficient (Wildman–Crippen LogP) is 2.88. The van der Waals surface area contributed by atoms with Gasteiger partial charge in [-0.15, -0.1) is 0 Å². The van der Waals surface area contributed by atoms with E-state index in [9.17, 15) is 4.39 Å². The van der Waals surface area contributed by atoms with E-state index in [4.69, 9.17) is 9.72 Å². The monoisotopic (exact) mass is 422 g/mol. The van der Waals surface area contributed by atoms with Gasteiger partial charge in [-0.1, -0.05) is 0 Å². The fraction of sp³-hybridized carbons (Fsp3) is 0.478. The predicted molar refractivity (Wildman–Crippen MR) is 117 cm³/mol. The van der Waals surface area contributed by atoms with Crippen molar-refractivity contribution < 1.29 is 9.13 Å². The number of ether oxygens (including phenoxy) is 1. The quantitative estimate of drug-likeness (QED) is 0.651. The third-order valence-corrected chi connectivity index (χ3v) is 6.76. The molecule has 1 saturated carbocycles. The first-order valence-corrected chi connectivity index (χ1v) is 11.2. The molecule has 7 nitrogen and oxygen atoms in total. The smallest absolute Gasteiger partial charge is 0.165 e. The van der Waals surface area contributed by atoms with Crippen LogP contribution in [0.2, 0.25) is 0 Å². The van der Waals surface area contributed by atoms with Gasteiger partial charge in [0.15, 0.2) is 5.65 Å². The van der Waals surface area contributed by atoms with Crippen LogP contribution in [0.5, 0.6) is 5.75 Å². The minimum atomic E-state index is -0.303. The second-order valence-corrected chi connectivity index (χ2v) is 8.94. The van der Waals surface area contributed by atoms with Gasteiger partial charge in [0, 0.05) is 55.6 Å². The SMILES string of the molecule is C[C@@H]1CN2CCNc3ccn4ncc(c4n3)-c3cc(ccc3F)OC[C@@H]2CN1C1CC1. The summed E-state index contributed by atoms with van der Waals surface area (Å²) in [5.74, 6) is 1.15. The number of nitrogens with zero attached hydrogens (tertiary/aromatic N) is 5. The number of piperazine rings is 1. The third-order valence-electron chi connectivity index (χ3n) is 6.76. The van der Waals surface area contributed by atoms with Crippen LogP contribution in [-0.2, 0) is 0 Å². The van der Waals surface area contributed by atoms with Crippen molar-refractivity contribution in [2.75, 3.05) is 38.1 Å². The number of halogens is 1. The normalized spacial score (nSPS) is 25.0. The molecule has 0 unspecified atom stereocenters. The van der Waals surface area contributed by atoms with Gasteiger partial charge in [0.25, 0.3) is 0 Å². The third kappa shape index (κ3) is 3.53. The van der Waals surface area contributed by atoms with Crippen LogP contribution in [0.25, 0.3) is 16.8 Å². The van der Waals surface area contributed by atoms with Crippen molar-refractivity contribution in [3.63, 3.8) is 0 Å². The van der Waals surface area contributed by atoms with Crippen molar-refractivity contribution in [3.8, 4) is 16.9 Å². The van der Waals surface area contributed by atoms with E-state index in [1.165, 1.54) is 18.9 Å². The first kappa shape index (κ1) is 19.0. The lowest BCUT2D eigenvalue weighted by molar-refractivity contribution is 0.0125. The molecule has 0 amide bonds. The van der Waals surface area contributed by atoms with Crippen molar-refractivity contribution in [3.05, 3.63) is 42.5 Å².